The normalized spacial score (nSPS) is 31.5. The number of aromatic amines is 1. The number of nitrogens with one attached hydrogen (secondary N) is 1. The Morgan fingerprint density at radius 3 is 2.74 bits per heavy atom. The zero-order chi connectivity index (χ0) is 17.4. The number of ether oxygens (including phenoxy) is 1. The molecule has 1 aromatic rings. The highest BCUT2D eigenvalue weighted by Gasteiger charge is 2.59. The first-order chi connectivity index (χ1) is 10.7. The summed E-state index contributed by atoms with van der Waals surface area (Å²) in [6.45, 7) is 1.47. The van der Waals surface area contributed by atoms with Gasteiger partial charge in [-0.1, -0.05) is 11.8 Å². The molecule has 7 nitrogen and oxygen atoms in total. The molecular weight excluding hydrogens is 314 g/mol. The van der Waals surface area contributed by atoms with Crippen molar-refractivity contribution in [2.24, 2.45) is 0 Å². The zero-order valence-corrected chi connectivity index (χ0v) is 12.4. The Hall–Kier alpha value is -2.02. The molecule has 5 atom stereocenters. The Morgan fingerprint density at radius 2 is 2.22 bits per heavy atom. The maximum Gasteiger partial charge on any atom is 0.330 e. The van der Waals surface area contributed by atoms with Crippen LogP contribution in [0.4, 0.5) is 8.78 Å². The van der Waals surface area contributed by atoms with Crippen LogP contribution in [0.25, 0.3) is 0 Å². The summed E-state index contributed by atoms with van der Waals surface area (Å²) in [7, 11) is 0. The molecule has 0 aromatic carbocycles. The Morgan fingerprint density at radius 1 is 1.57 bits per heavy atom. The lowest BCUT2D eigenvalue weighted by molar-refractivity contribution is -0.0809. The summed E-state index contributed by atoms with van der Waals surface area (Å²) in [5, 5.41) is 19.7. The van der Waals surface area contributed by atoms with Gasteiger partial charge in [0, 0.05) is 11.8 Å². The number of hydrogen-bond acceptors (Lipinski definition) is 5. The third-order valence-electron chi connectivity index (χ3n) is 3.61. The maximum absolute atomic E-state index is 15.2. The van der Waals surface area contributed by atoms with E-state index >= 15 is 4.39 Å². The van der Waals surface area contributed by atoms with Crippen molar-refractivity contribution in [1.29, 1.82) is 0 Å². The number of aliphatic hydroxyl groups excluding tert-OH is 2. The third kappa shape index (κ3) is 2.93. The van der Waals surface area contributed by atoms with E-state index < -0.39 is 48.1 Å². The number of hydrogen-bond donors (Lipinski definition) is 3. The summed E-state index contributed by atoms with van der Waals surface area (Å²) in [6, 6.07) is 1.04. The molecule has 0 radical (unpaired) electrons. The molecule has 1 aromatic heterocycles. The lowest BCUT2D eigenvalue weighted by atomic mass is 9.94. The molecule has 0 saturated carbocycles. The van der Waals surface area contributed by atoms with E-state index in [1.165, 1.54) is 13.8 Å². The second-order valence-electron chi connectivity index (χ2n) is 5.29. The van der Waals surface area contributed by atoms with Gasteiger partial charge in [-0.15, -0.1) is 0 Å². The summed E-state index contributed by atoms with van der Waals surface area (Å²) in [4.78, 5) is 25.2. The highest BCUT2D eigenvalue weighted by atomic mass is 19.1. The fourth-order valence-electron chi connectivity index (χ4n) is 2.55. The predicted molar refractivity (Wildman–Crippen MR) is 75.2 cm³/mol. The van der Waals surface area contributed by atoms with Crippen molar-refractivity contribution >= 4 is 0 Å². The summed E-state index contributed by atoms with van der Waals surface area (Å²) in [6.07, 6.45) is -6.31. The molecule has 1 aliphatic rings. The van der Waals surface area contributed by atoms with Gasteiger partial charge < -0.3 is 14.9 Å². The van der Waals surface area contributed by atoms with Crippen molar-refractivity contribution in [1.82, 2.24) is 9.55 Å². The van der Waals surface area contributed by atoms with Crippen molar-refractivity contribution in [3.05, 3.63) is 32.6 Å². The Kier molecular flexibility index (Phi) is 4.70. The predicted octanol–water partition coefficient (Wildman–Crippen LogP) is -0.835. The zero-order valence-electron chi connectivity index (χ0n) is 12.4. The van der Waals surface area contributed by atoms with Crippen LogP contribution < -0.4 is 11.2 Å². The number of halogens is 2. The van der Waals surface area contributed by atoms with Gasteiger partial charge in [0.05, 0.1) is 6.10 Å². The summed E-state index contributed by atoms with van der Waals surface area (Å²) < 4.78 is 33.6. The first-order valence-corrected chi connectivity index (χ1v) is 6.81. The molecule has 9 heteroatoms. The molecule has 1 unspecified atom stereocenters. The molecule has 1 fully saturated rings. The fraction of sp³-hybridized carbons (Fsp3) is 0.571. The number of aryl methyl sites for hydroxylation is 1. The SMILES string of the molecule is Cc1cc(=O)[nH]c(=O)n1[C@@H]1O[C@H]([C@H](C)O)C(O)[C@]1(F)C#CCF. The third-order valence-corrected chi connectivity index (χ3v) is 3.61. The Balaban J connectivity index is 2.63. The number of nitrogens with zero attached hydrogens (tertiary/aromatic N) is 1. The smallest absolute Gasteiger partial charge is 0.330 e. The number of H-pyrrole nitrogens is 1. The van der Waals surface area contributed by atoms with Gasteiger partial charge in [0.25, 0.3) is 5.56 Å². The van der Waals surface area contributed by atoms with Gasteiger partial charge in [-0.2, -0.15) is 0 Å². The summed E-state index contributed by atoms with van der Waals surface area (Å²) in [5.74, 6) is 3.80. The molecule has 2 heterocycles. The molecule has 0 amide bonds. The van der Waals surface area contributed by atoms with Gasteiger partial charge in [0.1, 0.15) is 18.9 Å². The molecule has 0 aliphatic carbocycles. The highest BCUT2D eigenvalue weighted by molar-refractivity contribution is 5.24. The molecule has 1 aliphatic heterocycles. The van der Waals surface area contributed by atoms with Gasteiger partial charge >= 0.3 is 5.69 Å². The van der Waals surface area contributed by atoms with E-state index in [9.17, 15) is 24.2 Å². The Bertz CT molecular complexity index is 763. The number of aromatic nitrogens is 2. The van der Waals surface area contributed by atoms with E-state index in [0.717, 1.165) is 10.6 Å². The van der Waals surface area contributed by atoms with E-state index in [1.54, 1.807) is 0 Å². The van der Waals surface area contributed by atoms with E-state index in [2.05, 4.69) is 0 Å². The molecule has 0 bridgehead atoms. The quantitative estimate of drug-likeness (QED) is 0.614. The average molecular weight is 330 g/mol. The summed E-state index contributed by atoms with van der Waals surface area (Å²) in [5.41, 5.74) is -4.43. The number of aliphatic hydroxyl groups is 2. The van der Waals surface area contributed by atoms with Gasteiger partial charge in [-0.05, 0) is 13.8 Å². The second kappa shape index (κ2) is 6.23. The molecule has 126 valence electrons. The minimum Gasteiger partial charge on any atom is -0.391 e. The van der Waals surface area contributed by atoms with Crippen LogP contribution in [0.15, 0.2) is 15.7 Å². The minimum absolute atomic E-state index is 0.0614. The van der Waals surface area contributed by atoms with Crippen LogP contribution in [-0.2, 0) is 4.74 Å². The molecule has 1 saturated heterocycles. The Labute approximate surface area is 129 Å². The standard InChI is InChI=1S/C14H16F2N2O5/c1-7-6-9(20)17-13(22)18(7)12-14(16,4-3-5-15)11(21)10(23-12)8(2)19/h6,8,10-12,19,21H,5H2,1-2H3,(H,17,20,22)/t8-,10+,11?,12+,14+/m0/s1. The first kappa shape index (κ1) is 17.3. The molecule has 0 spiro atoms. The average Bonchev–Trinajstić information content (AvgIpc) is 2.70. The molecule has 3 N–H and O–H groups in total. The molecule has 2 rings (SSSR count). The number of rotatable bonds is 2. The molecule has 23 heavy (non-hydrogen) atoms. The van der Waals surface area contributed by atoms with E-state index in [4.69, 9.17) is 4.74 Å². The minimum atomic E-state index is -2.83. The van der Waals surface area contributed by atoms with E-state index in [0.29, 0.717) is 0 Å². The first-order valence-electron chi connectivity index (χ1n) is 6.81. The van der Waals surface area contributed by atoms with Gasteiger partial charge in [0.2, 0.25) is 5.67 Å². The van der Waals surface area contributed by atoms with Crippen molar-refractivity contribution < 1.29 is 23.7 Å². The van der Waals surface area contributed by atoms with Crippen LogP contribution in [0.1, 0.15) is 18.8 Å². The second-order valence-corrected chi connectivity index (χ2v) is 5.29. The van der Waals surface area contributed by atoms with Gasteiger partial charge in [-0.3, -0.25) is 14.3 Å². The monoisotopic (exact) mass is 330 g/mol. The van der Waals surface area contributed by atoms with E-state index in [1.807, 2.05) is 16.8 Å². The lowest BCUT2D eigenvalue weighted by Crippen LogP contribution is -2.46. The largest absolute Gasteiger partial charge is 0.391 e. The molecular formula is C14H16F2N2O5. The van der Waals surface area contributed by atoms with Crippen LogP contribution in [0.3, 0.4) is 0 Å². The van der Waals surface area contributed by atoms with Gasteiger partial charge in [0.15, 0.2) is 6.23 Å². The van der Waals surface area contributed by atoms with Crippen LogP contribution >= 0.6 is 0 Å². The van der Waals surface area contributed by atoms with E-state index in [-0.39, 0.29) is 5.69 Å². The van der Waals surface area contributed by atoms with Crippen LogP contribution in [0.5, 0.6) is 0 Å². The lowest BCUT2D eigenvalue weighted by Gasteiger charge is -2.25. The van der Waals surface area contributed by atoms with Crippen LogP contribution in [0.2, 0.25) is 0 Å². The highest BCUT2D eigenvalue weighted by Crippen LogP contribution is 2.42. The van der Waals surface area contributed by atoms with Crippen molar-refractivity contribution in [3.63, 3.8) is 0 Å². The maximum atomic E-state index is 15.2. The van der Waals surface area contributed by atoms with Crippen molar-refractivity contribution in [2.75, 3.05) is 6.67 Å². The topological polar surface area (TPSA) is 105 Å². The van der Waals surface area contributed by atoms with Crippen molar-refractivity contribution in [2.45, 2.75) is 44.1 Å². The van der Waals surface area contributed by atoms with Crippen molar-refractivity contribution in [3.8, 4) is 11.8 Å². The van der Waals surface area contributed by atoms with Crippen LogP contribution in [0, 0.1) is 18.8 Å². The summed E-state index contributed by atoms with van der Waals surface area (Å²) >= 11 is 0. The fourth-order valence-corrected chi connectivity index (χ4v) is 2.55. The van der Waals surface area contributed by atoms with Crippen LogP contribution in [-0.4, -0.2) is 50.4 Å². The van der Waals surface area contributed by atoms with Gasteiger partial charge in [-0.25, -0.2) is 13.6 Å². The number of alkyl halides is 2.